The Balaban J connectivity index is 1.87. The maximum atomic E-state index is 12.3. The predicted octanol–water partition coefficient (Wildman–Crippen LogP) is 3.79. The molecule has 0 atom stereocenters. The van der Waals surface area contributed by atoms with Gasteiger partial charge in [-0.2, -0.15) is 5.10 Å². The second-order valence-corrected chi connectivity index (χ2v) is 8.74. The smallest absolute Gasteiger partial charge is 0.329 e. The van der Waals surface area contributed by atoms with Crippen LogP contribution in [0.1, 0.15) is 32.8 Å². The van der Waals surface area contributed by atoms with Gasteiger partial charge in [-0.3, -0.25) is 14.4 Å². The summed E-state index contributed by atoms with van der Waals surface area (Å²) in [6.07, 6.45) is 2.05. The molecule has 200 valence electrons. The van der Waals surface area contributed by atoms with Gasteiger partial charge in [0.05, 0.1) is 18.9 Å². The fourth-order valence-electron chi connectivity index (χ4n) is 2.85. The molecule has 37 heavy (non-hydrogen) atoms. The lowest BCUT2D eigenvalue weighted by atomic mass is 10.2. The fourth-order valence-corrected chi connectivity index (χ4v) is 3.37. The topological polar surface area (TPSA) is 127 Å². The minimum absolute atomic E-state index is 0.108. The van der Waals surface area contributed by atoms with E-state index < -0.39 is 17.7 Å². The number of ether oxygens (including phenoxy) is 3. The van der Waals surface area contributed by atoms with Crippen LogP contribution >= 0.6 is 23.2 Å². The van der Waals surface area contributed by atoms with Crippen molar-refractivity contribution in [1.82, 2.24) is 10.7 Å². The highest BCUT2D eigenvalue weighted by atomic mass is 35.5. The summed E-state index contributed by atoms with van der Waals surface area (Å²) in [4.78, 5) is 36.0. The Morgan fingerprint density at radius 1 is 1.00 bits per heavy atom. The molecule has 0 saturated carbocycles. The monoisotopic (exact) mass is 552 g/mol. The second-order valence-electron chi connectivity index (χ2n) is 7.86. The molecule has 2 aromatic rings. The van der Waals surface area contributed by atoms with E-state index in [0.29, 0.717) is 59.0 Å². The highest BCUT2D eigenvalue weighted by molar-refractivity contribution is 6.35. The van der Waals surface area contributed by atoms with Crippen molar-refractivity contribution < 1.29 is 28.6 Å². The molecule has 0 aliphatic carbocycles. The van der Waals surface area contributed by atoms with E-state index in [0.717, 1.165) is 0 Å². The summed E-state index contributed by atoms with van der Waals surface area (Å²) < 4.78 is 16.6. The molecule has 0 saturated heterocycles. The van der Waals surface area contributed by atoms with Crippen molar-refractivity contribution in [3.63, 3.8) is 0 Å². The maximum absolute atomic E-state index is 12.3. The molecule has 0 aliphatic rings. The minimum atomic E-state index is -0.891. The first-order valence-electron chi connectivity index (χ1n) is 11.6. The largest absolute Gasteiger partial charge is 0.490 e. The highest BCUT2D eigenvalue weighted by Gasteiger charge is 2.12. The molecule has 0 unspecified atom stereocenters. The van der Waals surface area contributed by atoms with Gasteiger partial charge < -0.3 is 24.8 Å². The number of carbonyl (C=O) groups is 3. The molecule has 10 nitrogen and oxygen atoms in total. The zero-order chi connectivity index (χ0) is 27.2. The lowest BCUT2D eigenvalue weighted by molar-refractivity contribution is -0.139. The molecule has 0 heterocycles. The number of hydrogen-bond donors (Lipinski definition) is 3. The highest BCUT2D eigenvalue weighted by Crippen LogP contribution is 2.28. The number of nitrogens with zero attached hydrogens (tertiary/aromatic N) is 1. The molecular formula is C25H30Cl2N4O6. The minimum Gasteiger partial charge on any atom is -0.490 e. The molecule has 0 aliphatic heterocycles. The van der Waals surface area contributed by atoms with Crippen molar-refractivity contribution in [3.05, 3.63) is 52.0 Å². The van der Waals surface area contributed by atoms with Crippen LogP contribution in [0.3, 0.4) is 0 Å². The summed E-state index contributed by atoms with van der Waals surface area (Å²) in [5, 5.41) is 9.74. The molecule has 0 bridgehead atoms. The third-order valence-electron chi connectivity index (χ3n) is 4.42. The predicted molar refractivity (Wildman–Crippen MR) is 143 cm³/mol. The third kappa shape index (κ3) is 11.5. The number of hydrazone groups is 1. The summed E-state index contributed by atoms with van der Waals surface area (Å²) in [6.45, 7) is 6.50. The summed E-state index contributed by atoms with van der Waals surface area (Å²) in [5.41, 5.74) is 3.18. The Morgan fingerprint density at radius 3 is 2.41 bits per heavy atom. The van der Waals surface area contributed by atoms with Gasteiger partial charge in [-0.25, -0.2) is 5.43 Å². The SMILES string of the molecule is CCOc1cc(/C=N\NC(=O)C(=O)NCCCOC(C)C)ccc1OCC(=O)Nc1cc(Cl)cc(Cl)c1. The zero-order valence-electron chi connectivity index (χ0n) is 20.8. The second kappa shape index (κ2) is 15.7. The van der Waals surface area contributed by atoms with Gasteiger partial charge >= 0.3 is 11.8 Å². The van der Waals surface area contributed by atoms with Crippen molar-refractivity contribution in [1.29, 1.82) is 0 Å². The Morgan fingerprint density at radius 2 is 1.73 bits per heavy atom. The molecule has 12 heteroatoms. The number of benzene rings is 2. The van der Waals surface area contributed by atoms with E-state index in [2.05, 4.69) is 21.2 Å². The van der Waals surface area contributed by atoms with Crippen LogP contribution in [-0.2, 0) is 19.1 Å². The normalized spacial score (nSPS) is 10.9. The zero-order valence-corrected chi connectivity index (χ0v) is 22.3. The molecule has 0 fully saturated rings. The van der Waals surface area contributed by atoms with E-state index >= 15 is 0 Å². The number of carbonyl (C=O) groups excluding carboxylic acids is 3. The lowest BCUT2D eigenvalue weighted by Gasteiger charge is -2.13. The van der Waals surface area contributed by atoms with Gasteiger partial charge in [-0.15, -0.1) is 0 Å². The van der Waals surface area contributed by atoms with Crippen molar-refractivity contribution in [2.75, 3.05) is 31.7 Å². The summed E-state index contributed by atoms with van der Waals surface area (Å²) in [5.74, 6) is -1.39. The molecule has 2 aromatic carbocycles. The third-order valence-corrected chi connectivity index (χ3v) is 4.85. The van der Waals surface area contributed by atoms with E-state index in [1.165, 1.54) is 6.21 Å². The summed E-state index contributed by atoms with van der Waals surface area (Å²) in [6, 6.07) is 9.56. The van der Waals surface area contributed by atoms with Crippen molar-refractivity contribution in [2.24, 2.45) is 5.10 Å². The van der Waals surface area contributed by atoms with Gasteiger partial charge in [0.1, 0.15) is 0 Å². The van der Waals surface area contributed by atoms with Gasteiger partial charge in [-0.05, 0) is 69.2 Å². The molecule has 3 N–H and O–H groups in total. The van der Waals surface area contributed by atoms with E-state index in [-0.39, 0.29) is 12.7 Å². The quantitative estimate of drug-likeness (QED) is 0.150. The number of nitrogens with one attached hydrogen (secondary N) is 3. The van der Waals surface area contributed by atoms with Crippen LogP contribution in [0.15, 0.2) is 41.5 Å². The van der Waals surface area contributed by atoms with Crippen LogP contribution in [0.4, 0.5) is 5.69 Å². The van der Waals surface area contributed by atoms with Crippen LogP contribution < -0.4 is 25.5 Å². The fraction of sp³-hybridized carbons (Fsp3) is 0.360. The van der Waals surface area contributed by atoms with Gasteiger partial charge in [-0.1, -0.05) is 23.2 Å². The first kappa shape index (κ1) is 29.9. The average molecular weight is 553 g/mol. The van der Waals surface area contributed by atoms with Gasteiger partial charge in [0, 0.05) is 28.9 Å². The van der Waals surface area contributed by atoms with E-state index in [9.17, 15) is 14.4 Å². The first-order chi connectivity index (χ1) is 17.7. The summed E-state index contributed by atoms with van der Waals surface area (Å²) >= 11 is 11.9. The Labute approximate surface area is 225 Å². The molecule has 3 amide bonds. The molecule has 0 spiro atoms. The Hall–Kier alpha value is -3.34. The summed E-state index contributed by atoms with van der Waals surface area (Å²) in [7, 11) is 0. The number of anilines is 1. The number of hydrogen-bond acceptors (Lipinski definition) is 7. The van der Waals surface area contributed by atoms with Crippen LogP contribution in [0, 0.1) is 0 Å². The van der Waals surface area contributed by atoms with Crippen molar-refractivity contribution in [3.8, 4) is 11.5 Å². The Kier molecular flexibility index (Phi) is 12.7. The van der Waals surface area contributed by atoms with Crippen molar-refractivity contribution in [2.45, 2.75) is 33.3 Å². The standard InChI is InChI=1S/C25H30Cl2N4O6/c1-4-35-22-10-17(14-29-31-25(34)24(33)28-8-5-9-36-16(2)3)6-7-21(22)37-15-23(32)30-20-12-18(26)11-19(27)13-20/h6-7,10-14,16H,4-5,8-9,15H2,1-3H3,(H,28,33)(H,30,32)(H,31,34)/b29-14-. The average Bonchev–Trinajstić information content (AvgIpc) is 2.82. The van der Waals surface area contributed by atoms with Crippen LogP contribution in [-0.4, -0.2) is 56.4 Å². The first-order valence-corrected chi connectivity index (χ1v) is 12.3. The molecule has 2 rings (SSSR count). The van der Waals surface area contributed by atoms with E-state index in [4.69, 9.17) is 37.4 Å². The maximum Gasteiger partial charge on any atom is 0.329 e. The lowest BCUT2D eigenvalue weighted by Crippen LogP contribution is -2.38. The van der Waals surface area contributed by atoms with E-state index in [1.807, 2.05) is 13.8 Å². The van der Waals surface area contributed by atoms with Crippen LogP contribution in [0.25, 0.3) is 0 Å². The van der Waals surface area contributed by atoms with Gasteiger partial charge in [0.25, 0.3) is 5.91 Å². The molecule has 0 aromatic heterocycles. The number of rotatable bonds is 13. The molecule has 0 radical (unpaired) electrons. The number of halogens is 2. The van der Waals surface area contributed by atoms with Gasteiger partial charge in [0.2, 0.25) is 0 Å². The molecular weight excluding hydrogens is 523 g/mol. The van der Waals surface area contributed by atoms with E-state index in [1.54, 1.807) is 43.3 Å². The van der Waals surface area contributed by atoms with Crippen LogP contribution in [0.5, 0.6) is 11.5 Å². The Bertz CT molecular complexity index is 1090. The van der Waals surface area contributed by atoms with Gasteiger partial charge in [0.15, 0.2) is 18.1 Å². The number of amides is 3. The van der Waals surface area contributed by atoms with Crippen LogP contribution in [0.2, 0.25) is 10.0 Å². The van der Waals surface area contributed by atoms with Crippen molar-refractivity contribution >= 4 is 52.8 Å².